The van der Waals surface area contributed by atoms with E-state index in [9.17, 15) is 13.6 Å². The summed E-state index contributed by atoms with van der Waals surface area (Å²) in [7, 11) is 0. The largest absolute Gasteiger partial charge is 0.378 e. The van der Waals surface area contributed by atoms with E-state index in [2.05, 4.69) is 10.0 Å². The molecule has 0 aromatic heterocycles. The third-order valence-corrected chi connectivity index (χ3v) is 8.32. The van der Waals surface area contributed by atoms with Crippen molar-refractivity contribution in [2.45, 2.75) is 53.8 Å². The maximum atomic E-state index is 15.1. The molecule has 5 nitrogen and oxygen atoms in total. The lowest BCUT2D eigenvalue weighted by molar-refractivity contribution is -0.133. The Balaban J connectivity index is 1.37. The summed E-state index contributed by atoms with van der Waals surface area (Å²) < 4.78 is 49.7. The van der Waals surface area contributed by atoms with E-state index in [0.717, 1.165) is 29.7 Å². The first-order valence-corrected chi connectivity index (χ1v) is 14.1. The molecule has 11 heteroatoms. The molecule has 2 heterocycles. The summed E-state index contributed by atoms with van der Waals surface area (Å²) in [4.78, 5) is 15.7. The molecule has 2 atom stereocenters. The zero-order valence-electron chi connectivity index (χ0n) is 19.7. The molecule has 0 radical (unpaired) electrons. The Morgan fingerprint density at radius 2 is 1.94 bits per heavy atom. The minimum atomic E-state index is -0.785. The van der Waals surface area contributed by atoms with Crippen LogP contribution >= 0.6 is 35.3 Å². The number of likely N-dealkylation sites (tertiary alicyclic amines) is 1. The van der Waals surface area contributed by atoms with Gasteiger partial charge in [0.15, 0.2) is 0 Å². The number of nitrogens with zero attached hydrogens (tertiary/aromatic N) is 1. The van der Waals surface area contributed by atoms with Crippen molar-refractivity contribution < 1.29 is 22.7 Å². The topological polar surface area (TPSA) is 53.6 Å². The molecule has 2 aromatic rings. The van der Waals surface area contributed by atoms with Crippen LogP contribution in [0.15, 0.2) is 46.2 Å². The Hall–Kier alpha value is -1.59. The predicted octanol–water partition coefficient (Wildman–Crippen LogP) is 5.93. The zero-order chi connectivity index (χ0) is 25.5. The van der Waals surface area contributed by atoms with Crippen molar-refractivity contribution >= 4 is 46.9 Å². The molecule has 36 heavy (non-hydrogen) atoms. The van der Waals surface area contributed by atoms with E-state index in [0.29, 0.717) is 49.7 Å². The Morgan fingerprint density at radius 3 is 2.61 bits per heavy atom. The van der Waals surface area contributed by atoms with Crippen LogP contribution in [0.25, 0.3) is 0 Å². The summed E-state index contributed by atoms with van der Waals surface area (Å²) in [5.74, 6) is -0.486. The van der Waals surface area contributed by atoms with E-state index < -0.39 is 18.1 Å². The second kappa shape index (κ2) is 13.3. The summed E-state index contributed by atoms with van der Waals surface area (Å²) in [5.41, 5.74) is 0.180. The SMILES string of the molecule is O=C(NSc1cc(F)c(NC(CCN2CC(F)C2)CSc2ccc(F)cc2)c(Cl)c1)C1CCCCO1. The van der Waals surface area contributed by atoms with Crippen LogP contribution < -0.4 is 10.0 Å². The van der Waals surface area contributed by atoms with Gasteiger partial charge in [-0.1, -0.05) is 11.6 Å². The summed E-state index contributed by atoms with van der Waals surface area (Å²) >= 11 is 8.96. The fourth-order valence-electron chi connectivity index (χ4n) is 4.03. The maximum Gasteiger partial charge on any atom is 0.259 e. The lowest BCUT2D eigenvalue weighted by atomic mass is 10.1. The normalized spacial score (nSPS) is 19.5. The van der Waals surface area contributed by atoms with Crippen molar-refractivity contribution in [1.29, 1.82) is 0 Å². The highest BCUT2D eigenvalue weighted by molar-refractivity contribution is 7.99. The van der Waals surface area contributed by atoms with Gasteiger partial charge in [0.25, 0.3) is 5.91 Å². The summed E-state index contributed by atoms with van der Waals surface area (Å²) in [6, 6.07) is 8.98. The van der Waals surface area contributed by atoms with Crippen LogP contribution in [0.5, 0.6) is 0 Å². The minimum absolute atomic E-state index is 0.160. The molecule has 0 bridgehead atoms. The van der Waals surface area contributed by atoms with Crippen LogP contribution in [0.2, 0.25) is 5.02 Å². The van der Waals surface area contributed by atoms with Gasteiger partial charge in [0.2, 0.25) is 0 Å². The number of hydrogen-bond donors (Lipinski definition) is 2. The van der Waals surface area contributed by atoms with Gasteiger partial charge in [0, 0.05) is 47.8 Å². The van der Waals surface area contributed by atoms with Gasteiger partial charge in [-0.25, -0.2) is 13.2 Å². The maximum absolute atomic E-state index is 15.1. The van der Waals surface area contributed by atoms with Crippen LogP contribution in [0, 0.1) is 11.6 Å². The third-order valence-electron chi connectivity index (χ3n) is 6.08. The first-order valence-electron chi connectivity index (χ1n) is 12.0. The molecule has 1 amide bonds. The highest BCUT2D eigenvalue weighted by Gasteiger charge is 2.27. The number of rotatable bonds is 11. The predicted molar refractivity (Wildman–Crippen MR) is 139 cm³/mol. The monoisotopic (exact) mass is 559 g/mol. The van der Waals surface area contributed by atoms with E-state index in [1.165, 1.54) is 30.0 Å². The molecule has 2 unspecified atom stereocenters. The zero-order valence-corrected chi connectivity index (χ0v) is 22.0. The molecule has 2 saturated heterocycles. The number of anilines is 1. The van der Waals surface area contributed by atoms with Crippen LogP contribution in [0.3, 0.4) is 0 Å². The molecule has 0 aliphatic carbocycles. The van der Waals surface area contributed by atoms with Gasteiger partial charge < -0.3 is 10.1 Å². The molecule has 2 N–H and O–H groups in total. The number of nitrogens with one attached hydrogen (secondary N) is 2. The molecule has 2 aliphatic heterocycles. The summed E-state index contributed by atoms with van der Waals surface area (Å²) in [5, 5.41) is 3.42. The highest BCUT2D eigenvalue weighted by atomic mass is 35.5. The van der Waals surface area contributed by atoms with Crippen molar-refractivity contribution in [2.24, 2.45) is 0 Å². The van der Waals surface area contributed by atoms with Gasteiger partial charge in [0.1, 0.15) is 23.9 Å². The number of hydrogen-bond acceptors (Lipinski definition) is 6. The second-order valence-corrected chi connectivity index (χ2v) is 11.3. The number of benzene rings is 2. The Morgan fingerprint density at radius 1 is 1.17 bits per heavy atom. The molecule has 2 fully saturated rings. The molecule has 2 aliphatic rings. The van der Waals surface area contributed by atoms with Crippen molar-refractivity contribution in [3.05, 3.63) is 53.1 Å². The van der Waals surface area contributed by atoms with Crippen LogP contribution in [-0.4, -0.2) is 61.1 Å². The van der Waals surface area contributed by atoms with Crippen molar-refractivity contribution in [2.75, 3.05) is 37.3 Å². The number of thioether (sulfide) groups is 1. The molecule has 0 saturated carbocycles. The van der Waals surface area contributed by atoms with Crippen molar-refractivity contribution in [1.82, 2.24) is 9.62 Å². The third kappa shape index (κ3) is 7.95. The van der Waals surface area contributed by atoms with Gasteiger partial charge in [-0.15, -0.1) is 11.8 Å². The van der Waals surface area contributed by atoms with Gasteiger partial charge in [-0.3, -0.25) is 14.4 Å². The first kappa shape index (κ1) is 27.4. The van der Waals surface area contributed by atoms with E-state index in [-0.39, 0.29) is 28.5 Å². The van der Waals surface area contributed by atoms with Gasteiger partial charge in [-0.05, 0) is 74.0 Å². The summed E-state index contributed by atoms with van der Waals surface area (Å²) in [6.45, 7) is 2.06. The molecule has 196 valence electrons. The van der Waals surface area contributed by atoms with Crippen LogP contribution in [0.1, 0.15) is 25.7 Å². The average molecular weight is 560 g/mol. The molecular formula is C25H29ClF3N3O2S2. The fourth-order valence-corrected chi connectivity index (χ4v) is 6.01. The van der Waals surface area contributed by atoms with E-state index in [4.69, 9.17) is 16.3 Å². The molecule has 0 spiro atoms. The number of amides is 1. The number of carbonyl (C=O) groups excluding carboxylic acids is 1. The fraction of sp³-hybridized carbons (Fsp3) is 0.480. The van der Waals surface area contributed by atoms with Crippen LogP contribution in [-0.2, 0) is 9.53 Å². The van der Waals surface area contributed by atoms with Gasteiger partial charge in [-0.2, -0.15) is 0 Å². The Bertz CT molecular complexity index is 999. The number of halogens is 4. The quantitative estimate of drug-likeness (QED) is 0.263. The van der Waals surface area contributed by atoms with E-state index in [1.54, 1.807) is 18.2 Å². The Labute approximate surface area is 223 Å². The lowest BCUT2D eigenvalue weighted by Crippen LogP contribution is -2.49. The van der Waals surface area contributed by atoms with Crippen LogP contribution in [0.4, 0.5) is 18.9 Å². The Kier molecular flexibility index (Phi) is 10.1. The van der Waals surface area contributed by atoms with Crippen molar-refractivity contribution in [3.8, 4) is 0 Å². The van der Waals surface area contributed by atoms with E-state index in [1.807, 2.05) is 4.90 Å². The standard InChI is InChI=1S/C25H29ClF3N3O2S2/c26-21-11-20(36-31-25(33)23-3-1-2-10-34-23)12-22(29)24(21)30-18(8-9-32-13-17(28)14-32)15-35-19-6-4-16(27)5-7-19/h4-7,11-12,17-18,23,30H,1-3,8-10,13-15H2,(H,31,33). The minimum Gasteiger partial charge on any atom is -0.378 e. The smallest absolute Gasteiger partial charge is 0.259 e. The van der Waals surface area contributed by atoms with Crippen molar-refractivity contribution in [3.63, 3.8) is 0 Å². The summed E-state index contributed by atoms with van der Waals surface area (Å²) in [6.07, 6.45) is 1.95. The molecule has 2 aromatic carbocycles. The first-order chi connectivity index (χ1) is 17.4. The van der Waals surface area contributed by atoms with E-state index >= 15 is 4.39 Å². The number of carbonyl (C=O) groups is 1. The van der Waals surface area contributed by atoms with Gasteiger partial charge in [0.05, 0.1) is 10.7 Å². The number of ether oxygens (including phenoxy) is 1. The highest BCUT2D eigenvalue weighted by Crippen LogP contribution is 2.32. The molecule has 4 rings (SSSR count). The average Bonchev–Trinajstić information content (AvgIpc) is 2.86. The van der Waals surface area contributed by atoms with Gasteiger partial charge >= 0.3 is 0 Å². The lowest BCUT2D eigenvalue weighted by Gasteiger charge is -2.35. The second-order valence-electron chi connectivity index (χ2n) is 8.94. The number of alkyl halides is 1. The molecular weight excluding hydrogens is 531 g/mol.